The van der Waals surface area contributed by atoms with Gasteiger partial charge in [-0.1, -0.05) is 23.6 Å². The van der Waals surface area contributed by atoms with Gasteiger partial charge in [0.05, 0.1) is 4.92 Å². The van der Waals surface area contributed by atoms with Crippen LogP contribution in [-0.2, 0) is 4.79 Å². The van der Waals surface area contributed by atoms with Crippen molar-refractivity contribution in [3.05, 3.63) is 39.4 Å². The highest BCUT2D eigenvalue weighted by Gasteiger charge is 2.13. The minimum atomic E-state index is -0.602. The Morgan fingerprint density at radius 1 is 1.53 bits per heavy atom. The second kappa shape index (κ2) is 7.20. The summed E-state index contributed by atoms with van der Waals surface area (Å²) in [5.74, 6) is 6.21. The summed E-state index contributed by atoms with van der Waals surface area (Å²) in [7, 11) is 0. The zero-order valence-corrected chi connectivity index (χ0v) is 11.0. The topological polar surface area (TPSA) is 84.0 Å². The molecule has 1 aromatic rings. The van der Waals surface area contributed by atoms with Gasteiger partial charge in [0.1, 0.15) is 11.6 Å². The van der Waals surface area contributed by atoms with Crippen LogP contribution in [0.4, 0.5) is 5.69 Å². The van der Waals surface area contributed by atoms with Gasteiger partial charge < -0.3 is 0 Å². The summed E-state index contributed by atoms with van der Waals surface area (Å²) in [4.78, 5) is 20.8. The Morgan fingerprint density at radius 3 is 2.84 bits per heavy atom. The lowest BCUT2D eigenvalue weighted by molar-refractivity contribution is -0.385. The largest absolute Gasteiger partial charge is 0.288 e. The summed E-state index contributed by atoms with van der Waals surface area (Å²) in [5.41, 5.74) is 0.258. The first-order valence-corrected chi connectivity index (χ1v) is 6.34. The predicted molar refractivity (Wildman–Crippen MR) is 72.4 cm³/mol. The van der Waals surface area contributed by atoms with E-state index in [0.29, 0.717) is 17.7 Å². The number of hydrogen-bond acceptors (Lipinski definition) is 5. The lowest BCUT2D eigenvalue weighted by Crippen LogP contribution is -1.93. The Labute approximate surface area is 114 Å². The molecule has 0 N–H and O–H groups in total. The Morgan fingerprint density at radius 2 is 2.26 bits per heavy atom. The van der Waals surface area contributed by atoms with E-state index in [4.69, 9.17) is 5.26 Å². The maximum atomic E-state index is 10.7. The number of nitriles is 1. The van der Waals surface area contributed by atoms with E-state index in [-0.39, 0.29) is 16.4 Å². The third-order valence-corrected chi connectivity index (χ3v) is 2.89. The molecule has 1 rings (SSSR count). The fourth-order valence-electron chi connectivity index (χ4n) is 1.27. The zero-order chi connectivity index (χ0) is 14.3. The SMILES string of the molecule is CC(=O)SCCC#Cc1ccc(C#N)c([N+](=O)[O-])c1. The predicted octanol–water partition coefficient (Wildman–Crippen LogP) is 2.49. The molecule has 19 heavy (non-hydrogen) atoms. The van der Waals surface area contributed by atoms with Gasteiger partial charge in [-0.15, -0.1) is 0 Å². The molecule has 0 aliphatic carbocycles. The van der Waals surface area contributed by atoms with Crippen molar-refractivity contribution >= 4 is 22.6 Å². The second-order valence-corrected chi connectivity index (χ2v) is 4.76. The van der Waals surface area contributed by atoms with E-state index in [1.165, 1.54) is 30.8 Å². The van der Waals surface area contributed by atoms with Gasteiger partial charge in [-0.3, -0.25) is 14.9 Å². The third-order valence-electron chi connectivity index (χ3n) is 2.08. The van der Waals surface area contributed by atoms with Gasteiger partial charge in [0.15, 0.2) is 5.12 Å². The molecule has 0 unspecified atom stereocenters. The van der Waals surface area contributed by atoms with Crippen LogP contribution in [0.2, 0.25) is 0 Å². The summed E-state index contributed by atoms with van der Waals surface area (Å²) in [6.45, 7) is 1.49. The molecule has 6 heteroatoms. The summed E-state index contributed by atoms with van der Waals surface area (Å²) < 4.78 is 0. The van der Waals surface area contributed by atoms with E-state index in [1.54, 1.807) is 12.1 Å². The number of hydrogen-bond donors (Lipinski definition) is 0. The highest BCUT2D eigenvalue weighted by Crippen LogP contribution is 2.18. The van der Waals surface area contributed by atoms with Crippen molar-refractivity contribution in [1.82, 2.24) is 0 Å². The number of nitro benzene ring substituents is 1. The number of benzene rings is 1. The molecule has 0 saturated carbocycles. The van der Waals surface area contributed by atoms with Gasteiger partial charge in [0, 0.05) is 30.7 Å². The van der Waals surface area contributed by atoms with Gasteiger partial charge in [0.2, 0.25) is 0 Å². The molecule has 0 fully saturated rings. The normalized spacial score (nSPS) is 9.05. The number of nitro groups is 1. The lowest BCUT2D eigenvalue weighted by atomic mass is 10.1. The summed E-state index contributed by atoms with van der Waals surface area (Å²) in [5, 5.41) is 19.5. The van der Waals surface area contributed by atoms with Crippen LogP contribution in [0.3, 0.4) is 0 Å². The zero-order valence-electron chi connectivity index (χ0n) is 10.2. The maximum Gasteiger partial charge on any atom is 0.288 e. The van der Waals surface area contributed by atoms with Crippen molar-refractivity contribution in [3.63, 3.8) is 0 Å². The highest BCUT2D eigenvalue weighted by atomic mass is 32.2. The van der Waals surface area contributed by atoms with Crippen LogP contribution in [0.5, 0.6) is 0 Å². The average Bonchev–Trinajstić information content (AvgIpc) is 2.37. The first-order valence-electron chi connectivity index (χ1n) is 5.35. The van der Waals surface area contributed by atoms with Gasteiger partial charge in [-0.25, -0.2) is 0 Å². The number of rotatable bonds is 3. The van der Waals surface area contributed by atoms with Crippen LogP contribution in [0.15, 0.2) is 18.2 Å². The number of thioether (sulfide) groups is 1. The smallest absolute Gasteiger partial charge is 0.288 e. The summed E-state index contributed by atoms with van der Waals surface area (Å²) in [6.07, 6.45) is 0.526. The van der Waals surface area contributed by atoms with Crippen molar-refractivity contribution in [1.29, 1.82) is 5.26 Å². The molecule has 5 nitrogen and oxygen atoms in total. The maximum absolute atomic E-state index is 10.7. The lowest BCUT2D eigenvalue weighted by Gasteiger charge is -1.95. The fourth-order valence-corrected chi connectivity index (χ4v) is 1.76. The van der Waals surface area contributed by atoms with Gasteiger partial charge in [-0.05, 0) is 12.1 Å². The van der Waals surface area contributed by atoms with Crippen molar-refractivity contribution in [3.8, 4) is 17.9 Å². The Bertz CT molecular complexity index is 609. The van der Waals surface area contributed by atoms with Crippen LogP contribution in [0, 0.1) is 33.3 Å². The number of carbonyl (C=O) groups excluding carboxylic acids is 1. The quantitative estimate of drug-likeness (QED) is 0.366. The van der Waals surface area contributed by atoms with Crippen LogP contribution in [-0.4, -0.2) is 15.8 Å². The van der Waals surface area contributed by atoms with Crippen molar-refractivity contribution in [2.75, 3.05) is 5.75 Å². The van der Waals surface area contributed by atoms with E-state index in [2.05, 4.69) is 11.8 Å². The monoisotopic (exact) mass is 274 g/mol. The van der Waals surface area contributed by atoms with Gasteiger partial charge in [-0.2, -0.15) is 5.26 Å². The van der Waals surface area contributed by atoms with Crippen LogP contribution in [0.1, 0.15) is 24.5 Å². The van der Waals surface area contributed by atoms with Crippen LogP contribution in [0.25, 0.3) is 0 Å². The van der Waals surface area contributed by atoms with E-state index < -0.39 is 4.92 Å². The van der Waals surface area contributed by atoms with Gasteiger partial charge >= 0.3 is 0 Å². The van der Waals surface area contributed by atoms with Crippen molar-refractivity contribution in [2.24, 2.45) is 0 Å². The highest BCUT2D eigenvalue weighted by molar-refractivity contribution is 8.13. The Balaban J connectivity index is 2.78. The van der Waals surface area contributed by atoms with Crippen LogP contribution < -0.4 is 0 Å². The molecule has 0 amide bonds. The molecule has 0 radical (unpaired) electrons. The van der Waals surface area contributed by atoms with E-state index in [9.17, 15) is 14.9 Å². The van der Waals surface area contributed by atoms with Gasteiger partial charge in [0.25, 0.3) is 5.69 Å². The van der Waals surface area contributed by atoms with E-state index in [1.807, 2.05) is 0 Å². The first kappa shape index (κ1) is 14.7. The number of carbonyl (C=O) groups is 1. The number of nitrogens with zero attached hydrogens (tertiary/aromatic N) is 2. The molecular weight excluding hydrogens is 264 g/mol. The molecule has 0 heterocycles. The molecular formula is C13H10N2O3S. The molecule has 0 atom stereocenters. The molecule has 0 aliphatic rings. The minimum absolute atomic E-state index is 0.0164. The summed E-state index contributed by atoms with van der Waals surface area (Å²) >= 11 is 1.19. The van der Waals surface area contributed by atoms with E-state index >= 15 is 0 Å². The average molecular weight is 274 g/mol. The molecule has 0 spiro atoms. The second-order valence-electron chi connectivity index (χ2n) is 3.49. The Kier molecular flexibility index (Phi) is 5.59. The molecule has 1 aromatic carbocycles. The van der Waals surface area contributed by atoms with Crippen LogP contribution >= 0.6 is 11.8 Å². The van der Waals surface area contributed by atoms with E-state index in [0.717, 1.165) is 0 Å². The third kappa shape index (κ3) is 4.82. The standard InChI is InChI=1S/C13H10N2O3S/c1-10(16)19-7-3-2-4-11-5-6-12(9-14)13(8-11)15(17)18/h5-6,8H,3,7H2,1H3. The molecule has 0 aromatic heterocycles. The fraction of sp³-hybridized carbons (Fsp3) is 0.231. The first-order chi connectivity index (χ1) is 9.04. The van der Waals surface area contributed by atoms with Crippen molar-refractivity contribution in [2.45, 2.75) is 13.3 Å². The molecule has 0 bridgehead atoms. The minimum Gasteiger partial charge on any atom is -0.288 e. The Hall–Kier alpha value is -2.31. The summed E-state index contributed by atoms with van der Waals surface area (Å²) in [6, 6.07) is 5.99. The molecule has 96 valence electrons. The molecule has 0 saturated heterocycles. The van der Waals surface area contributed by atoms with Crippen molar-refractivity contribution < 1.29 is 9.72 Å². The molecule has 0 aliphatic heterocycles.